The molecule has 2 amide bonds. The molecule has 2 saturated heterocycles. The molecule has 2 aliphatic heterocycles. The molecule has 1 aromatic carbocycles. The summed E-state index contributed by atoms with van der Waals surface area (Å²) < 4.78 is 5.54. The molecule has 1 aromatic rings. The first-order valence-corrected chi connectivity index (χ1v) is 10.4. The van der Waals surface area contributed by atoms with Gasteiger partial charge in [0.05, 0.1) is 6.10 Å². The van der Waals surface area contributed by atoms with E-state index in [9.17, 15) is 9.59 Å². The number of piperazine rings is 1. The number of quaternary nitrogens is 2. The Morgan fingerprint density at radius 2 is 1.64 bits per heavy atom. The Balaban J connectivity index is 1.35. The summed E-state index contributed by atoms with van der Waals surface area (Å²) in [5.41, 5.74) is 3.11. The monoisotopic (exact) mass is 390 g/mol. The second-order valence-corrected chi connectivity index (χ2v) is 8.11. The van der Waals surface area contributed by atoms with Crippen LogP contribution in [0.3, 0.4) is 0 Å². The number of benzene rings is 1. The highest BCUT2D eigenvalue weighted by atomic mass is 16.5. The molecule has 4 N–H and O–H groups in total. The van der Waals surface area contributed by atoms with Gasteiger partial charge >= 0.3 is 0 Å². The molecule has 28 heavy (non-hydrogen) atoms. The number of ether oxygens (including phenoxy) is 1. The van der Waals surface area contributed by atoms with Crippen LogP contribution in [0.4, 0.5) is 5.69 Å². The van der Waals surface area contributed by atoms with Gasteiger partial charge in [0.1, 0.15) is 26.2 Å². The van der Waals surface area contributed by atoms with E-state index in [0.29, 0.717) is 19.6 Å². The Bertz CT molecular complexity index is 660. The zero-order chi connectivity index (χ0) is 19.9. The lowest BCUT2D eigenvalue weighted by Gasteiger charge is -2.29. The van der Waals surface area contributed by atoms with Crippen molar-refractivity contribution in [2.75, 3.05) is 57.7 Å². The molecule has 0 unspecified atom stereocenters. The van der Waals surface area contributed by atoms with E-state index >= 15 is 0 Å². The lowest BCUT2D eigenvalue weighted by molar-refractivity contribution is -1.00. The van der Waals surface area contributed by atoms with Crippen molar-refractivity contribution >= 4 is 17.5 Å². The first-order valence-electron chi connectivity index (χ1n) is 10.4. The van der Waals surface area contributed by atoms with E-state index in [1.165, 1.54) is 9.80 Å². The second-order valence-electron chi connectivity index (χ2n) is 8.11. The van der Waals surface area contributed by atoms with Crippen molar-refractivity contribution < 1.29 is 24.1 Å². The number of amides is 2. The van der Waals surface area contributed by atoms with Gasteiger partial charge in [0, 0.05) is 18.8 Å². The zero-order valence-corrected chi connectivity index (χ0v) is 17.1. The van der Waals surface area contributed by atoms with Crippen molar-refractivity contribution in [2.45, 2.75) is 32.8 Å². The van der Waals surface area contributed by atoms with E-state index in [-0.39, 0.29) is 17.9 Å². The molecule has 2 heterocycles. The van der Waals surface area contributed by atoms with Gasteiger partial charge < -0.3 is 25.2 Å². The van der Waals surface area contributed by atoms with Crippen LogP contribution >= 0.6 is 0 Å². The highest BCUT2D eigenvalue weighted by Gasteiger charge is 2.27. The molecule has 3 rings (SSSR count). The van der Waals surface area contributed by atoms with Crippen LogP contribution in [-0.2, 0) is 14.3 Å². The number of carbonyl (C=O) groups excluding carboxylic acids is 2. The average Bonchev–Trinajstić information content (AvgIpc) is 3.18. The van der Waals surface area contributed by atoms with Crippen LogP contribution in [0.5, 0.6) is 0 Å². The van der Waals surface area contributed by atoms with Crippen molar-refractivity contribution in [3.8, 4) is 0 Å². The topological polar surface area (TPSA) is 76.3 Å². The van der Waals surface area contributed by atoms with E-state index in [1.54, 1.807) is 0 Å². The number of aryl methyl sites for hydroxylation is 2. The Morgan fingerprint density at radius 1 is 1.04 bits per heavy atom. The van der Waals surface area contributed by atoms with E-state index in [4.69, 9.17) is 4.74 Å². The normalized spacial score (nSPS) is 24.7. The Labute approximate surface area is 167 Å². The summed E-state index contributed by atoms with van der Waals surface area (Å²) in [6, 6.07) is 6.04. The van der Waals surface area contributed by atoms with E-state index in [1.807, 2.05) is 32.0 Å². The van der Waals surface area contributed by atoms with Gasteiger partial charge in [-0.25, -0.2) is 0 Å². The van der Waals surface area contributed by atoms with Gasteiger partial charge in [0.15, 0.2) is 13.1 Å². The van der Waals surface area contributed by atoms with Gasteiger partial charge in [-0.05, 0) is 37.8 Å². The van der Waals surface area contributed by atoms with Crippen molar-refractivity contribution in [3.63, 3.8) is 0 Å². The molecular weight excluding hydrogens is 356 g/mol. The summed E-state index contributed by atoms with van der Waals surface area (Å²) in [4.78, 5) is 27.2. The summed E-state index contributed by atoms with van der Waals surface area (Å²) in [5, 5.41) is 6.07. The highest BCUT2D eigenvalue weighted by Crippen LogP contribution is 2.18. The first kappa shape index (κ1) is 20.8. The predicted octanol–water partition coefficient (Wildman–Crippen LogP) is -1.68. The smallest absolute Gasteiger partial charge is 0.279 e. The van der Waals surface area contributed by atoms with Crippen molar-refractivity contribution in [2.24, 2.45) is 0 Å². The van der Waals surface area contributed by atoms with Gasteiger partial charge in [0.2, 0.25) is 0 Å². The van der Waals surface area contributed by atoms with Crippen molar-refractivity contribution in [1.82, 2.24) is 5.32 Å². The molecule has 7 nitrogen and oxygen atoms in total. The van der Waals surface area contributed by atoms with E-state index in [2.05, 4.69) is 10.6 Å². The van der Waals surface area contributed by atoms with Crippen LogP contribution in [0.1, 0.15) is 24.0 Å². The maximum Gasteiger partial charge on any atom is 0.279 e. The van der Waals surface area contributed by atoms with Gasteiger partial charge in [-0.15, -0.1) is 0 Å². The average molecular weight is 391 g/mol. The highest BCUT2D eigenvalue weighted by molar-refractivity contribution is 5.93. The van der Waals surface area contributed by atoms with Crippen LogP contribution in [0, 0.1) is 13.8 Å². The molecule has 7 heteroatoms. The lowest BCUT2D eigenvalue weighted by Crippen LogP contribution is -3.28. The van der Waals surface area contributed by atoms with Gasteiger partial charge in [0.25, 0.3) is 11.8 Å². The third-order valence-corrected chi connectivity index (χ3v) is 5.78. The number of para-hydroxylation sites is 1. The molecule has 0 radical (unpaired) electrons. The molecule has 154 valence electrons. The van der Waals surface area contributed by atoms with Crippen LogP contribution in [0.15, 0.2) is 18.2 Å². The minimum absolute atomic E-state index is 0.0603. The number of carbonyl (C=O) groups is 2. The lowest BCUT2D eigenvalue weighted by atomic mass is 10.1. The summed E-state index contributed by atoms with van der Waals surface area (Å²) in [7, 11) is 0. The van der Waals surface area contributed by atoms with Crippen LogP contribution in [-0.4, -0.2) is 70.3 Å². The minimum Gasteiger partial charge on any atom is -0.376 e. The Kier molecular flexibility index (Phi) is 7.42. The van der Waals surface area contributed by atoms with E-state index in [0.717, 1.165) is 62.4 Å². The molecule has 0 bridgehead atoms. The summed E-state index contributed by atoms with van der Waals surface area (Å²) in [6.45, 7) is 10.1. The summed E-state index contributed by atoms with van der Waals surface area (Å²) >= 11 is 0. The van der Waals surface area contributed by atoms with Gasteiger partial charge in [-0.3, -0.25) is 9.59 Å². The van der Waals surface area contributed by atoms with Crippen molar-refractivity contribution in [1.29, 1.82) is 0 Å². The van der Waals surface area contributed by atoms with E-state index < -0.39 is 0 Å². The second kappa shape index (κ2) is 10.0. The zero-order valence-electron chi connectivity index (χ0n) is 17.1. The molecule has 2 fully saturated rings. The molecule has 0 saturated carbocycles. The van der Waals surface area contributed by atoms with Crippen LogP contribution in [0.2, 0.25) is 0 Å². The third-order valence-electron chi connectivity index (χ3n) is 5.78. The molecule has 1 atom stereocenters. The Morgan fingerprint density at radius 3 is 2.21 bits per heavy atom. The minimum atomic E-state index is 0.0603. The standard InChI is InChI=1S/C21H32N4O3/c1-16-5-3-6-17(2)21(16)23-20(27)15-25-10-8-24(9-11-25)14-19(26)22-13-18-7-4-12-28-18/h3,5-6,18H,4,7-15H2,1-2H3,(H,22,26)(H,23,27)/p+2/t18-/m1/s1. The molecular formula is C21H34N4O3+2. The molecule has 2 aliphatic rings. The molecule has 0 spiro atoms. The number of rotatable bonds is 7. The fourth-order valence-corrected chi connectivity index (χ4v) is 4.06. The quantitative estimate of drug-likeness (QED) is 0.449. The van der Waals surface area contributed by atoms with Gasteiger partial charge in [-0.2, -0.15) is 0 Å². The summed E-state index contributed by atoms with van der Waals surface area (Å²) in [6.07, 6.45) is 2.32. The molecule has 0 aromatic heterocycles. The SMILES string of the molecule is Cc1cccc(C)c1NC(=O)C[NH+]1CC[NH+](CC(=O)NC[C@H]2CCCO2)CC1. The fourth-order valence-electron chi connectivity index (χ4n) is 4.06. The number of anilines is 1. The first-order chi connectivity index (χ1) is 13.5. The fraction of sp³-hybridized carbons (Fsp3) is 0.619. The largest absolute Gasteiger partial charge is 0.376 e. The van der Waals surface area contributed by atoms with Crippen LogP contribution in [0.25, 0.3) is 0 Å². The maximum atomic E-state index is 12.4. The number of hydrogen-bond acceptors (Lipinski definition) is 3. The molecule has 0 aliphatic carbocycles. The van der Waals surface area contributed by atoms with Crippen LogP contribution < -0.4 is 20.4 Å². The Hall–Kier alpha value is -1.96. The predicted molar refractivity (Wildman–Crippen MR) is 108 cm³/mol. The van der Waals surface area contributed by atoms with Crippen molar-refractivity contribution in [3.05, 3.63) is 29.3 Å². The third kappa shape index (κ3) is 6.02. The number of hydrogen-bond donors (Lipinski definition) is 4. The van der Waals surface area contributed by atoms with Gasteiger partial charge in [-0.1, -0.05) is 18.2 Å². The summed E-state index contributed by atoms with van der Waals surface area (Å²) in [5.74, 6) is 0.159. The number of nitrogens with one attached hydrogen (secondary N) is 4. The maximum absolute atomic E-state index is 12.4.